The Morgan fingerprint density at radius 3 is 2.58 bits per heavy atom. The molecule has 0 unspecified atom stereocenters. The Labute approximate surface area is 131 Å². The fraction of sp³-hybridized carbons (Fsp3) is 0.111. The van der Waals surface area contributed by atoms with Gasteiger partial charge in [0.2, 0.25) is 0 Å². The van der Waals surface area contributed by atoms with Crippen LogP contribution < -0.4 is 10.0 Å². The van der Waals surface area contributed by atoms with Crippen molar-refractivity contribution < 1.29 is 8.42 Å². The molecule has 2 aromatic rings. The van der Waals surface area contributed by atoms with Crippen LogP contribution >= 0.6 is 43.2 Å². The first-order chi connectivity index (χ1) is 8.92. The third-order valence-electron chi connectivity index (χ3n) is 2.04. The van der Waals surface area contributed by atoms with Crippen LogP contribution in [0.1, 0.15) is 0 Å². The van der Waals surface area contributed by atoms with Crippen molar-refractivity contribution in [1.82, 2.24) is 9.97 Å². The Kier molecular flexibility index (Phi) is 4.43. The van der Waals surface area contributed by atoms with E-state index in [1.54, 1.807) is 7.05 Å². The Bertz CT molecular complexity index is 702. The zero-order valence-electron chi connectivity index (χ0n) is 9.52. The zero-order valence-corrected chi connectivity index (χ0v) is 14.3. The van der Waals surface area contributed by atoms with Crippen LogP contribution in [0.2, 0.25) is 0 Å². The number of nitrogens with one attached hydrogen (secondary N) is 2. The number of pyridine rings is 1. The Morgan fingerprint density at radius 2 is 2.00 bits per heavy atom. The molecule has 0 amide bonds. The van der Waals surface area contributed by atoms with Gasteiger partial charge in [-0.15, -0.1) is 0 Å². The molecule has 0 saturated heterocycles. The van der Waals surface area contributed by atoms with E-state index in [1.807, 2.05) is 0 Å². The highest BCUT2D eigenvalue weighted by molar-refractivity contribution is 9.11. The average molecular weight is 428 g/mol. The molecule has 0 radical (unpaired) electrons. The fourth-order valence-corrected chi connectivity index (χ4v) is 4.31. The van der Waals surface area contributed by atoms with E-state index in [1.165, 1.54) is 29.8 Å². The van der Waals surface area contributed by atoms with Crippen molar-refractivity contribution in [3.05, 3.63) is 26.7 Å². The van der Waals surface area contributed by atoms with Gasteiger partial charge < -0.3 is 5.32 Å². The van der Waals surface area contributed by atoms with E-state index < -0.39 is 10.0 Å². The number of sulfonamides is 1. The summed E-state index contributed by atoms with van der Waals surface area (Å²) in [6.07, 6.45) is 3.05. The lowest BCUT2D eigenvalue weighted by atomic mass is 10.4. The largest absolute Gasteiger partial charge is 0.372 e. The van der Waals surface area contributed by atoms with Gasteiger partial charge in [0.1, 0.15) is 10.7 Å². The number of rotatable bonds is 4. The lowest BCUT2D eigenvalue weighted by molar-refractivity contribution is 0.601. The minimum Gasteiger partial charge on any atom is -0.372 e. The molecule has 0 aromatic carbocycles. The molecule has 0 bridgehead atoms. The molecule has 2 heterocycles. The van der Waals surface area contributed by atoms with Crippen LogP contribution in [-0.4, -0.2) is 25.4 Å². The number of nitrogens with zero attached hydrogens (tertiary/aromatic N) is 2. The second kappa shape index (κ2) is 5.73. The molecule has 0 atom stereocenters. The van der Waals surface area contributed by atoms with E-state index in [9.17, 15) is 8.42 Å². The van der Waals surface area contributed by atoms with E-state index in [2.05, 4.69) is 51.9 Å². The fourth-order valence-electron chi connectivity index (χ4n) is 1.28. The van der Waals surface area contributed by atoms with Gasteiger partial charge >= 0.3 is 0 Å². The molecule has 0 fully saturated rings. The molecule has 10 heteroatoms. The van der Waals surface area contributed by atoms with Gasteiger partial charge in [0, 0.05) is 17.7 Å². The molecule has 2 N–H and O–H groups in total. The maximum absolute atomic E-state index is 12.3. The smallest absolute Gasteiger partial charge is 0.267 e. The van der Waals surface area contributed by atoms with Gasteiger partial charge in [-0.05, 0) is 37.9 Å². The van der Waals surface area contributed by atoms with Crippen molar-refractivity contribution in [2.24, 2.45) is 0 Å². The zero-order chi connectivity index (χ0) is 14.0. The molecule has 2 aromatic heterocycles. The molecule has 2 rings (SSSR count). The minimum atomic E-state index is -3.74. The van der Waals surface area contributed by atoms with E-state index in [-0.39, 0.29) is 15.8 Å². The summed E-state index contributed by atoms with van der Waals surface area (Å²) in [5, 5.41) is 3.03. The van der Waals surface area contributed by atoms with E-state index in [0.717, 1.165) is 3.79 Å². The highest BCUT2D eigenvalue weighted by atomic mass is 79.9. The predicted molar refractivity (Wildman–Crippen MR) is 82.1 cm³/mol. The SMILES string of the molecule is CNc1ncc(Br)cc1S(=O)(=O)Nc1ncc(Br)s1. The average Bonchev–Trinajstić information content (AvgIpc) is 2.74. The summed E-state index contributed by atoms with van der Waals surface area (Å²) in [7, 11) is -2.14. The maximum Gasteiger partial charge on any atom is 0.267 e. The first kappa shape index (κ1) is 14.7. The van der Waals surface area contributed by atoms with Crippen molar-refractivity contribution in [2.75, 3.05) is 17.1 Å². The highest BCUT2D eigenvalue weighted by Gasteiger charge is 2.21. The normalized spacial score (nSPS) is 11.3. The number of aromatic nitrogens is 2. The maximum atomic E-state index is 12.3. The monoisotopic (exact) mass is 426 g/mol. The molecule has 0 aliphatic heterocycles. The topological polar surface area (TPSA) is 84.0 Å². The predicted octanol–water partition coefficient (Wildman–Crippen LogP) is 2.91. The lowest BCUT2D eigenvalue weighted by Gasteiger charge is -2.09. The van der Waals surface area contributed by atoms with Crippen LogP contribution in [0.15, 0.2) is 31.6 Å². The minimum absolute atomic E-state index is 0.0516. The number of thiazole rings is 1. The molecular weight excluding hydrogens is 420 g/mol. The molecule has 102 valence electrons. The van der Waals surface area contributed by atoms with Gasteiger partial charge in [-0.25, -0.2) is 18.4 Å². The van der Waals surface area contributed by atoms with E-state index >= 15 is 0 Å². The van der Waals surface area contributed by atoms with Gasteiger partial charge in [0.05, 0.1) is 9.98 Å². The summed E-state index contributed by atoms with van der Waals surface area (Å²) in [5.74, 6) is 0.270. The summed E-state index contributed by atoms with van der Waals surface area (Å²) in [6.45, 7) is 0. The molecule has 0 aliphatic rings. The summed E-state index contributed by atoms with van der Waals surface area (Å²) in [5.41, 5.74) is 0. The van der Waals surface area contributed by atoms with Crippen LogP contribution in [0, 0.1) is 0 Å². The van der Waals surface area contributed by atoms with E-state index in [0.29, 0.717) is 4.47 Å². The molecule has 19 heavy (non-hydrogen) atoms. The van der Waals surface area contributed by atoms with Gasteiger partial charge in [-0.3, -0.25) is 4.72 Å². The van der Waals surface area contributed by atoms with Crippen LogP contribution in [0.4, 0.5) is 10.9 Å². The number of anilines is 2. The third-order valence-corrected chi connectivity index (χ3v) is 5.35. The van der Waals surface area contributed by atoms with Crippen LogP contribution in [0.25, 0.3) is 0 Å². The van der Waals surface area contributed by atoms with Crippen molar-refractivity contribution in [3.8, 4) is 0 Å². The van der Waals surface area contributed by atoms with Gasteiger partial charge in [-0.2, -0.15) is 0 Å². The summed E-state index contributed by atoms with van der Waals surface area (Å²) in [4.78, 5) is 7.99. The molecule has 0 spiro atoms. The van der Waals surface area contributed by atoms with Crippen LogP contribution in [0.5, 0.6) is 0 Å². The third kappa shape index (κ3) is 3.44. The first-order valence-corrected chi connectivity index (χ1v) is 8.78. The van der Waals surface area contributed by atoms with Gasteiger partial charge in [-0.1, -0.05) is 11.3 Å². The van der Waals surface area contributed by atoms with Crippen LogP contribution in [0.3, 0.4) is 0 Å². The van der Waals surface area contributed by atoms with Crippen molar-refractivity contribution in [1.29, 1.82) is 0 Å². The number of hydrogen-bond donors (Lipinski definition) is 2. The van der Waals surface area contributed by atoms with Crippen molar-refractivity contribution >= 4 is 64.2 Å². The molecule has 6 nitrogen and oxygen atoms in total. The van der Waals surface area contributed by atoms with Gasteiger partial charge in [0.15, 0.2) is 5.13 Å². The number of halogens is 2. The second-order valence-electron chi connectivity index (χ2n) is 3.33. The van der Waals surface area contributed by atoms with Crippen molar-refractivity contribution in [2.45, 2.75) is 4.90 Å². The number of hydrogen-bond acceptors (Lipinski definition) is 6. The molecule has 0 aliphatic carbocycles. The standard InChI is InChI=1S/C9H8Br2N4O2S2/c1-12-8-6(2-5(10)3-13-8)19(16,17)15-9-14-4-7(11)18-9/h2-4H,1H3,(H,12,13)(H,14,15). The summed E-state index contributed by atoms with van der Waals surface area (Å²) in [6, 6.07) is 1.48. The quantitative estimate of drug-likeness (QED) is 0.783. The lowest BCUT2D eigenvalue weighted by Crippen LogP contribution is -2.15. The van der Waals surface area contributed by atoms with Gasteiger partial charge in [0.25, 0.3) is 10.0 Å². The second-order valence-corrected chi connectivity index (χ2v) is 8.30. The highest BCUT2D eigenvalue weighted by Crippen LogP contribution is 2.28. The van der Waals surface area contributed by atoms with E-state index in [4.69, 9.17) is 0 Å². The Balaban J connectivity index is 2.41. The van der Waals surface area contributed by atoms with Crippen LogP contribution in [-0.2, 0) is 10.0 Å². The van der Waals surface area contributed by atoms with Crippen molar-refractivity contribution in [3.63, 3.8) is 0 Å². The molecule has 0 saturated carbocycles. The Hall–Kier alpha value is -0.710. The first-order valence-electron chi connectivity index (χ1n) is 4.90. The summed E-state index contributed by atoms with van der Waals surface area (Å²) < 4.78 is 28.3. The summed E-state index contributed by atoms with van der Waals surface area (Å²) >= 11 is 7.62. The molecular formula is C9H8Br2N4O2S2. The Morgan fingerprint density at radius 1 is 1.26 bits per heavy atom.